The lowest BCUT2D eigenvalue weighted by Crippen LogP contribution is -2.16. The van der Waals surface area contributed by atoms with Gasteiger partial charge in [0.2, 0.25) is 5.78 Å². The zero-order chi connectivity index (χ0) is 13.9. The predicted octanol–water partition coefficient (Wildman–Crippen LogP) is 2.13. The van der Waals surface area contributed by atoms with Crippen LogP contribution in [-0.2, 0) is 14.3 Å². The number of Topliss-reactive ketones (excluding diaryl/α,β-unsaturated/α-hetero) is 1. The van der Waals surface area contributed by atoms with E-state index in [1.54, 1.807) is 0 Å². The molecule has 0 fully saturated rings. The van der Waals surface area contributed by atoms with Crippen molar-refractivity contribution in [3.05, 3.63) is 42.5 Å². The van der Waals surface area contributed by atoms with E-state index in [1.807, 2.05) is 42.5 Å². The molecule has 2 aromatic rings. The first-order valence-corrected chi connectivity index (χ1v) is 8.31. The van der Waals surface area contributed by atoms with Crippen LogP contribution in [0.5, 0.6) is 5.75 Å². The van der Waals surface area contributed by atoms with Crippen LogP contribution in [0.4, 0.5) is 0 Å². The van der Waals surface area contributed by atoms with Crippen LogP contribution >= 0.6 is 0 Å². The molecule has 0 heterocycles. The fourth-order valence-electron chi connectivity index (χ4n) is 1.76. The molecule has 19 heavy (non-hydrogen) atoms. The molecule has 0 unspecified atom stereocenters. The van der Waals surface area contributed by atoms with E-state index in [0.717, 1.165) is 10.8 Å². The Labute approximate surface area is 113 Å². The van der Waals surface area contributed by atoms with Gasteiger partial charge in [0, 0.05) is 17.9 Å². The zero-order valence-corrected chi connectivity index (χ0v) is 11.8. The summed E-state index contributed by atoms with van der Waals surface area (Å²) in [6.45, 7) is -0.0863. The second kappa shape index (κ2) is 5.45. The van der Waals surface area contributed by atoms with Crippen LogP contribution in [0.15, 0.2) is 42.5 Å². The Morgan fingerprint density at radius 2 is 1.84 bits per heavy atom. The second-order valence-electron chi connectivity index (χ2n) is 4.69. The van der Waals surface area contributed by atoms with Gasteiger partial charge in [0.15, 0.2) is 6.61 Å². The minimum atomic E-state index is -2.17. The van der Waals surface area contributed by atoms with Crippen LogP contribution in [0, 0.1) is 0 Å². The first-order chi connectivity index (χ1) is 8.94. The zero-order valence-electron chi connectivity index (χ0n) is 11.0. The third-order valence-corrected chi connectivity index (χ3v) is 3.35. The van der Waals surface area contributed by atoms with Crippen molar-refractivity contribution < 1.29 is 13.7 Å². The van der Waals surface area contributed by atoms with Crippen LogP contribution in [-0.4, -0.2) is 34.5 Å². The van der Waals surface area contributed by atoms with Crippen molar-refractivity contribution in [1.82, 2.24) is 0 Å². The first-order valence-electron chi connectivity index (χ1n) is 5.87. The topological polar surface area (TPSA) is 43.4 Å². The number of fused-ring (bicyclic) bond motifs is 1. The molecule has 4 heteroatoms. The van der Waals surface area contributed by atoms with Gasteiger partial charge in [-0.25, -0.2) is 0 Å². The average molecular weight is 276 g/mol. The number of hydrogen-bond donors (Lipinski definition) is 0. The SMILES string of the molecule is CS(C)(=O)=CC(=O)COc1ccc2ccccc2c1. The van der Waals surface area contributed by atoms with E-state index in [1.165, 1.54) is 17.9 Å². The summed E-state index contributed by atoms with van der Waals surface area (Å²) in [5.41, 5.74) is 0. The molecule has 0 aliphatic rings. The molecule has 0 radical (unpaired) electrons. The molecule has 100 valence electrons. The lowest BCUT2D eigenvalue weighted by Gasteiger charge is -2.05. The molecule has 0 aliphatic heterocycles. The Balaban J connectivity index is 2.10. The summed E-state index contributed by atoms with van der Waals surface area (Å²) in [6.07, 6.45) is 3.06. The molecular formula is C15H16O3S. The first kappa shape index (κ1) is 13.6. The summed E-state index contributed by atoms with van der Waals surface area (Å²) in [6, 6.07) is 13.6. The highest BCUT2D eigenvalue weighted by Gasteiger charge is 2.03. The molecule has 0 saturated carbocycles. The molecule has 3 nitrogen and oxygen atoms in total. The Morgan fingerprint density at radius 1 is 1.16 bits per heavy atom. The fraction of sp³-hybridized carbons (Fsp3) is 0.200. The molecule has 0 atom stereocenters. The monoisotopic (exact) mass is 276 g/mol. The summed E-state index contributed by atoms with van der Waals surface area (Å²) in [5, 5.41) is 3.41. The van der Waals surface area contributed by atoms with Gasteiger partial charge in [0.25, 0.3) is 0 Å². The molecular weight excluding hydrogens is 260 g/mol. The normalized spacial score (nSPS) is 11.3. The standard InChI is InChI=1S/C15H16O3S/c1-19(2,17)11-14(16)10-18-15-8-7-12-5-3-4-6-13(12)9-15/h3-9,11H,10H2,1-2H3. The quantitative estimate of drug-likeness (QED) is 0.804. The number of hydrogen-bond acceptors (Lipinski definition) is 3. The van der Waals surface area contributed by atoms with Crippen LogP contribution in [0.2, 0.25) is 0 Å². The van der Waals surface area contributed by atoms with Crippen LogP contribution in [0.25, 0.3) is 10.8 Å². The molecule has 0 amide bonds. The number of carbonyl (C=O) groups excluding carboxylic acids is 1. The highest BCUT2D eigenvalue weighted by Crippen LogP contribution is 2.20. The lowest BCUT2D eigenvalue weighted by molar-refractivity contribution is -0.114. The van der Waals surface area contributed by atoms with Gasteiger partial charge in [0.1, 0.15) is 5.75 Å². The van der Waals surface area contributed by atoms with E-state index in [-0.39, 0.29) is 12.4 Å². The third kappa shape index (κ3) is 4.10. The summed E-state index contributed by atoms with van der Waals surface area (Å²) in [7, 11) is -2.17. The Hall–Kier alpha value is -1.81. The molecule has 0 saturated heterocycles. The summed E-state index contributed by atoms with van der Waals surface area (Å²) < 4.78 is 16.9. The number of ketones is 1. The maximum Gasteiger partial charge on any atom is 0.200 e. The van der Waals surface area contributed by atoms with E-state index in [9.17, 15) is 9.00 Å². The van der Waals surface area contributed by atoms with Gasteiger partial charge >= 0.3 is 0 Å². The van der Waals surface area contributed by atoms with E-state index < -0.39 is 9.52 Å². The van der Waals surface area contributed by atoms with Crippen molar-refractivity contribution >= 4 is 31.4 Å². The number of carbonyl (C=O) groups is 1. The van der Waals surface area contributed by atoms with Gasteiger partial charge in [-0.05, 0) is 32.4 Å². The number of rotatable bonds is 4. The molecule has 2 aromatic carbocycles. The van der Waals surface area contributed by atoms with Crippen LogP contribution < -0.4 is 4.74 Å². The lowest BCUT2D eigenvalue weighted by atomic mass is 10.1. The maximum atomic E-state index is 11.5. The Kier molecular flexibility index (Phi) is 3.90. The van der Waals surface area contributed by atoms with Crippen molar-refractivity contribution in [2.24, 2.45) is 0 Å². The molecule has 0 N–H and O–H groups in total. The Morgan fingerprint density at radius 3 is 2.53 bits per heavy atom. The maximum absolute atomic E-state index is 11.5. The van der Waals surface area contributed by atoms with E-state index in [4.69, 9.17) is 4.74 Å². The summed E-state index contributed by atoms with van der Waals surface area (Å²) in [4.78, 5) is 11.5. The smallest absolute Gasteiger partial charge is 0.200 e. The molecule has 2 rings (SSSR count). The highest BCUT2D eigenvalue weighted by atomic mass is 32.2. The predicted molar refractivity (Wildman–Crippen MR) is 80.5 cm³/mol. The summed E-state index contributed by atoms with van der Waals surface area (Å²) >= 11 is 0. The summed E-state index contributed by atoms with van der Waals surface area (Å²) in [5.74, 6) is 0.377. The van der Waals surface area contributed by atoms with Gasteiger partial charge in [-0.2, -0.15) is 0 Å². The van der Waals surface area contributed by atoms with E-state index >= 15 is 0 Å². The molecule has 0 aromatic heterocycles. The highest BCUT2D eigenvalue weighted by molar-refractivity contribution is 8.01. The van der Waals surface area contributed by atoms with Crippen molar-refractivity contribution in [1.29, 1.82) is 0 Å². The molecule has 0 aliphatic carbocycles. The largest absolute Gasteiger partial charge is 0.485 e. The van der Waals surface area contributed by atoms with Gasteiger partial charge in [-0.1, -0.05) is 30.3 Å². The number of benzene rings is 2. The van der Waals surface area contributed by atoms with Gasteiger partial charge < -0.3 is 4.74 Å². The second-order valence-corrected chi connectivity index (χ2v) is 7.55. The fourth-order valence-corrected chi connectivity index (χ4v) is 2.46. The Bertz CT molecular complexity index is 717. The third-order valence-electron chi connectivity index (χ3n) is 2.52. The van der Waals surface area contributed by atoms with Crippen LogP contribution in [0.1, 0.15) is 0 Å². The average Bonchev–Trinajstić information content (AvgIpc) is 2.34. The number of ether oxygens (including phenoxy) is 1. The van der Waals surface area contributed by atoms with Crippen molar-refractivity contribution in [3.8, 4) is 5.75 Å². The molecule has 0 spiro atoms. The van der Waals surface area contributed by atoms with E-state index in [2.05, 4.69) is 0 Å². The minimum absolute atomic E-state index is 0.0863. The van der Waals surface area contributed by atoms with Gasteiger partial charge in [-0.15, -0.1) is 0 Å². The van der Waals surface area contributed by atoms with E-state index in [0.29, 0.717) is 5.75 Å². The van der Waals surface area contributed by atoms with Crippen LogP contribution in [0.3, 0.4) is 0 Å². The van der Waals surface area contributed by atoms with Crippen molar-refractivity contribution in [3.63, 3.8) is 0 Å². The van der Waals surface area contributed by atoms with Gasteiger partial charge in [-0.3, -0.25) is 9.00 Å². The van der Waals surface area contributed by atoms with Gasteiger partial charge in [0.05, 0.1) is 0 Å². The minimum Gasteiger partial charge on any atom is -0.485 e. The molecule has 0 bridgehead atoms. The van der Waals surface area contributed by atoms with Crippen molar-refractivity contribution in [2.45, 2.75) is 0 Å². The van der Waals surface area contributed by atoms with Crippen molar-refractivity contribution in [2.75, 3.05) is 19.1 Å².